The average molecular weight is 875 g/mol. The summed E-state index contributed by atoms with van der Waals surface area (Å²) < 4.78 is 51.4. The molecule has 6 rings (SSSR count). The van der Waals surface area contributed by atoms with E-state index in [1.165, 1.54) is 30.3 Å². The van der Waals surface area contributed by atoms with Crippen LogP contribution in [0.25, 0.3) is 0 Å². The molecule has 0 amide bonds. The zero-order valence-electron chi connectivity index (χ0n) is 33.2. The van der Waals surface area contributed by atoms with Crippen molar-refractivity contribution < 1.29 is 102 Å². The van der Waals surface area contributed by atoms with Crippen molar-refractivity contribution in [2.24, 2.45) is 17.8 Å². The normalized spacial score (nSPS) is 31.8. The van der Waals surface area contributed by atoms with Crippen LogP contribution in [0.3, 0.4) is 0 Å². The van der Waals surface area contributed by atoms with Gasteiger partial charge in [-0.05, 0) is 30.7 Å². The Bertz CT molecular complexity index is 2050. The first-order valence-corrected chi connectivity index (χ1v) is 19.3. The van der Waals surface area contributed by atoms with Gasteiger partial charge in [-0.2, -0.15) is 0 Å². The highest BCUT2D eigenvalue weighted by atomic mass is 16.8. The zero-order valence-corrected chi connectivity index (χ0v) is 33.2. The first-order chi connectivity index (χ1) is 29.5. The highest BCUT2D eigenvalue weighted by molar-refractivity contribution is 5.99. The lowest BCUT2D eigenvalue weighted by atomic mass is 9.80. The van der Waals surface area contributed by atoms with Crippen molar-refractivity contribution in [3.63, 3.8) is 0 Å². The van der Waals surface area contributed by atoms with Crippen LogP contribution in [0.15, 0.2) is 60.9 Å². The van der Waals surface area contributed by atoms with Crippen molar-refractivity contribution in [2.75, 3.05) is 19.8 Å². The number of benzene rings is 2. The van der Waals surface area contributed by atoms with Gasteiger partial charge in [-0.1, -0.05) is 18.2 Å². The van der Waals surface area contributed by atoms with Gasteiger partial charge in [0.2, 0.25) is 18.9 Å². The molecule has 21 heteroatoms. The van der Waals surface area contributed by atoms with Gasteiger partial charge < -0.3 is 78.4 Å². The molecule has 3 fully saturated rings. The van der Waals surface area contributed by atoms with Crippen molar-refractivity contribution in [3.05, 3.63) is 72.0 Å². The van der Waals surface area contributed by atoms with E-state index in [0.717, 1.165) is 32.2 Å². The molecule has 7 N–H and O–H groups in total. The maximum atomic E-state index is 14.2. The minimum absolute atomic E-state index is 0.0819. The molecule has 4 aliphatic heterocycles. The number of phenolic OH excluding ortho intramolecular Hbond substituents is 3. The number of hydrogen-bond donors (Lipinski definition) is 7. The smallest absolute Gasteiger partial charge is 0.342 e. The molecule has 2 aromatic rings. The predicted octanol–water partition coefficient (Wildman–Crippen LogP) is 0.239. The van der Waals surface area contributed by atoms with E-state index in [2.05, 4.69) is 6.58 Å². The Labute approximate surface area is 352 Å². The lowest BCUT2D eigenvalue weighted by Crippen LogP contribution is -2.60. The summed E-state index contributed by atoms with van der Waals surface area (Å²) in [5.74, 6) is -9.90. The van der Waals surface area contributed by atoms with E-state index in [9.17, 15) is 59.7 Å². The number of aromatic hydroxyl groups is 3. The third-order valence-electron chi connectivity index (χ3n) is 10.8. The number of phenols is 3. The summed E-state index contributed by atoms with van der Waals surface area (Å²) in [6.07, 6.45) is -14.2. The fraction of sp³-hybridized carbons (Fsp3) is 0.488. The number of rotatable bonds is 14. The monoisotopic (exact) mass is 874 g/mol. The molecule has 0 radical (unpaired) electrons. The summed E-state index contributed by atoms with van der Waals surface area (Å²) in [6.45, 7) is 4.68. The Morgan fingerprint density at radius 3 is 2.24 bits per heavy atom. The molecule has 4 heterocycles. The number of aliphatic hydroxyl groups excluding tert-OH is 4. The number of aliphatic hydroxyl groups is 4. The number of para-hydroxylation sites is 2. The third kappa shape index (κ3) is 9.63. The van der Waals surface area contributed by atoms with Gasteiger partial charge in [0.05, 0.1) is 30.6 Å². The molecule has 336 valence electrons. The molecular weight excluding hydrogens is 828 g/mol. The van der Waals surface area contributed by atoms with Crippen LogP contribution in [0.1, 0.15) is 47.4 Å². The predicted molar refractivity (Wildman–Crippen MR) is 202 cm³/mol. The Balaban J connectivity index is 1.36. The number of hydrogen-bond acceptors (Lipinski definition) is 21. The number of fused-ring (bicyclic) bond motifs is 1. The molecule has 0 aromatic heterocycles. The van der Waals surface area contributed by atoms with Crippen molar-refractivity contribution in [1.82, 2.24) is 0 Å². The van der Waals surface area contributed by atoms with Crippen LogP contribution in [0.2, 0.25) is 0 Å². The summed E-state index contributed by atoms with van der Waals surface area (Å²) in [6, 6.07) is 7.12. The third-order valence-corrected chi connectivity index (χ3v) is 10.8. The Morgan fingerprint density at radius 1 is 0.839 bits per heavy atom. The molecule has 21 nitrogen and oxygen atoms in total. The Hall–Kier alpha value is -5.81. The fourth-order valence-electron chi connectivity index (χ4n) is 7.64. The van der Waals surface area contributed by atoms with Gasteiger partial charge in [0, 0.05) is 38.0 Å². The van der Waals surface area contributed by atoms with Crippen LogP contribution < -0.4 is 4.74 Å². The van der Waals surface area contributed by atoms with E-state index in [1.54, 1.807) is 0 Å². The van der Waals surface area contributed by atoms with E-state index in [1.807, 2.05) is 0 Å². The number of ketones is 1. The minimum atomic E-state index is -1.87. The molecule has 0 aliphatic carbocycles. The first-order valence-electron chi connectivity index (χ1n) is 19.3. The summed E-state index contributed by atoms with van der Waals surface area (Å²) >= 11 is 0. The molecule has 0 saturated carbocycles. The highest BCUT2D eigenvalue weighted by Gasteiger charge is 2.54. The topological polar surface area (TPSA) is 310 Å². The van der Waals surface area contributed by atoms with Gasteiger partial charge in [0.25, 0.3) is 0 Å². The Morgan fingerprint density at radius 2 is 1.55 bits per heavy atom. The van der Waals surface area contributed by atoms with Crippen LogP contribution in [0.5, 0.6) is 23.0 Å². The molecule has 3 saturated heterocycles. The fourth-order valence-corrected chi connectivity index (χ4v) is 7.64. The van der Waals surface area contributed by atoms with Gasteiger partial charge in [0.15, 0.2) is 34.9 Å². The van der Waals surface area contributed by atoms with Gasteiger partial charge in [-0.3, -0.25) is 14.4 Å². The van der Waals surface area contributed by atoms with Crippen LogP contribution >= 0.6 is 0 Å². The van der Waals surface area contributed by atoms with Crippen LogP contribution in [0, 0.1) is 17.8 Å². The molecule has 13 atom stereocenters. The number of cyclic esters (lactones) is 1. The molecule has 4 aliphatic rings. The van der Waals surface area contributed by atoms with Crippen molar-refractivity contribution in [1.29, 1.82) is 0 Å². The maximum Gasteiger partial charge on any atom is 0.342 e. The lowest BCUT2D eigenvalue weighted by Gasteiger charge is -2.46. The van der Waals surface area contributed by atoms with Gasteiger partial charge in [-0.25, -0.2) is 9.59 Å². The summed E-state index contributed by atoms with van der Waals surface area (Å²) in [7, 11) is 0. The second-order valence-corrected chi connectivity index (χ2v) is 14.8. The molecular formula is C41H46O21. The van der Waals surface area contributed by atoms with Crippen LogP contribution in [-0.2, 0) is 52.3 Å². The van der Waals surface area contributed by atoms with Crippen molar-refractivity contribution >= 4 is 29.7 Å². The maximum absolute atomic E-state index is 14.2. The minimum Gasteiger partial charge on any atom is -0.504 e. The SMILES string of the molecule is C=C[C@H]1[C@H](O[C@@H]2O[C@H](COC(C)=O)[C@@H](CC(=O)c3cccc(O[C@H]4O[C@H](CO)[C@@H](O)[C@H](O)[C@H]4O)c3O)[C@H](OC(C)=O)[C@H]2OC(=O)c2cccc(O)c2O)OC=C2C(=O)OCC[C@H]21. The van der Waals surface area contributed by atoms with Gasteiger partial charge >= 0.3 is 23.9 Å². The first kappa shape index (κ1) is 45.7. The average Bonchev–Trinajstić information content (AvgIpc) is 3.23. The van der Waals surface area contributed by atoms with Gasteiger partial charge in [0.1, 0.15) is 48.8 Å². The van der Waals surface area contributed by atoms with E-state index >= 15 is 0 Å². The number of carbonyl (C=O) groups is 5. The van der Waals surface area contributed by atoms with Crippen LogP contribution in [-0.4, -0.2) is 147 Å². The number of esters is 4. The van der Waals surface area contributed by atoms with Gasteiger partial charge in [-0.15, -0.1) is 6.58 Å². The second kappa shape index (κ2) is 19.5. The molecule has 0 bridgehead atoms. The standard InChI is InChI=1S/C41H46O21/c1-4-19-20-11-12-54-37(52)24(20)15-56-39(19)62-41-36(61-38(53)22-8-5-9-25(45)30(22)47)35(57-18(3)44)23(29(60-41)16-55-17(2)43)13-26(46)21-7-6-10-27(31(21)48)58-40-34(51)33(50)32(49)28(14-42)59-40/h4-10,15,19-20,23,28-29,32-36,39-42,45,47-51H,1,11-14,16H2,2-3H3/t19-,20+,23-,28-,29-,32-,33+,34-,35+,36-,39+,40+,41+/m1/s1. The summed E-state index contributed by atoms with van der Waals surface area (Å²) in [4.78, 5) is 65.6. The number of ether oxygens (including phenoxy) is 9. The van der Waals surface area contributed by atoms with E-state index in [-0.39, 0.29) is 12.2 Å². The van der Waals surface area contributed by atoms with Crippen LogP contribution in [0.4, 0.5) is 0 Å². The molecule has 0 spiro atoms. The number of carbonyl (C=O) groups excluding carboxylic acids is 5. The summed E-state index contributed by atoms with van der Waals surface area (Å²) in [5, 5.41) is 72.5. The second-order valence-electron chi connectivity index (χ2n) is 14.8. The highest BCUT2D eigenvalue weighted by Crippen LogP contribution is 2.42. The largest absolute Gasteiger partial charge is 0.504 e. The molecule has 2 aromatic carbocycles. The lowest BCUT2D eigenvalue weighted by molar-refractivity contribution is -0.333. The van der Waals surface area contributed by atoms with E-state index in [0.29, 0.717) is 6.42 Å². The van der Waals surface area contributed by atoms with Crippen molar-refractivity contribution in [2.45, 2.75) is 88.3 Å². The van der Waals surface area contributed by atoms with Crippen molar-refractivity contribution in [3.8, 4) is 23.0 Å². The number of Topliss-reactive ketones (excluding diaryl/α,β-unsaturated/α-hetero) is 1. The zero-order chi connectivity index (χ0) is 45.0. The molecule has 0 unspecified atom stereocenters. The molecule has 62 heavy (non-hydrogen) atoms. The quantitative estimate of drug-likeness (QED) is 0.0439. The van der Waals surface area contributed by atoms with E-state index in [4.69, 9.17) is 42.6 Å². The summed E-state index contributed by atoms with van der Waals surface area (Å²) in [5.41, 5.74) is -0.732. The van der Waals surface area contributed by atoms with E-state index < -0.39 is 163 Å². The Kier molecular flexibility index (Phi) is 14.4.